The summed E-state index contributed by atoms with van der Waals surface area (Å²) in [4.78, 5) is 0. The maximum atomic E-state index is 13.8. The molecule has 0 saturated heterocycles. The molecule has 2 N–H and O–H groups in total. The Morgan fingerprint density at radius 2 is 2.20 bits per heavy atom. The molecular weight excluding hydrogens is 193 g/mol. The minimum Gasteiger partial charge on any atom is -0.497 e. The van der Waals surface area contributed by atoms with Gasteiger partial charge < -0.3 is 10.5 Å². The Bertz CT molecular complexity index is 355. The van der Waals surface area contributed by atoms with E-state index < -0.39 is 0 Å². The Kier molecular flexibility index (Phi) is 2.65. The summed E-state index contributed by atoms with van der Waals surface area (Å²) in [6, 6.07) is 5.04. The Hall–Kier alpha value is -1.09. The average Bonchev–Trinajstić information content (AvgIpc) is 2.19. The van der Waals surface area contributed by atoms with Gasteiger partial charge in [-0.3, -0.25) is 0 Å². The van der Waals surface area contributed by atoms with Crippen molar-refractivity contribution in [3.05, 3.63) is 29.6 Å². The molecular formula is C12H16FNO. The monoisotopic (exact) mass is 209 g/mol. The number of hydrogen-bond acceptors (Lipinski definition) is 2. The zero-order chi connectivity index (χ0) is 10.9. The summed E-state index contributed by atoms with van der Waals surface area (Å²) >= 11 is 0. The van der Waals surface area contributed by atoms with Gasteiger partial charge in [0.05, 0.1) is 7.11 Å². The van der Waals surface area contributed by atoms with E-state index in [-0.39, 0.29) is 11.2 Å². The van der Waals surface area contributed by atoms with Crippen LogP contribution in [0.5, 0.6) is 5.75 Å². The molecule has 82 valence electrons. The summed E-state index contributed by atoms with van der Waals surface area (Å²) in [5.74, 6) is 0.363. The third-order valence-electron chi connectivity index (χ3n) is 3.45. The summed E-state index contributed by atoms with van der Waals surface area (Å²) in [6.45, 7) is 0.524. The smallest absolute Gasteiger partial charge is 0.130 e. The number of methoxy groups -OCH3 is 1. The third kappa shape index (κ3) is 1.61. The van der Waals surface area contributed by atoms with Gasteiger partial charge in [0.1, 0.15) is 11.6 Å². The molecule has 0 aromatic heterocycles. The lowest BCUT2D eigenvalue weighted by atomic mass is 9.64. The fraction of sp³-hybridized carbons (Fsp3) is 0.500. The Morgan fingerprint density at radius 3 is 2.60 bits per heavy atom. The zero-order valence-corrected chi connectivity index (χ0v) is 8.92. The van der Waals surface area contributed by atoms with Crippen molar-refractivity contribution >= 4 is 0 Å². The van der Waals surface area contributed by atoms with Gasteiger partial charge in [-0.05, 0) is 24.5 Å². The fourth-order valence-electron chi connectivity index (χ4n) is 2.24. The normalized spacial score (nSPS) is 18.3. The molecule has 1 aromatic rings. The van der Waals surface area contributed by atoms with Crippen molar-refractivity contribution in [2.75, 3.05) is 13.7 Å². The first-order chi connectivity index (χ1) is 7.22. The molecule has 0 atom stereocenters. The second-order valence-corrected chi connectivity index (χ2v) is 4.18. The molecule has 0 radical (unpaired) electrons. The van der Waals surface area contributed by atoms with E-state index in [0.29, 0.717) is 12.3 Å². The van der Waals surface area contributed by atoms with Crippen LogP contribution in [0.3, 0.4) is 0 Å². The van der Waals surface area contributed by atoms with E-state index in [9.17, 15) is 4.39 Å². The summed E-state index contributed by atoms with van der Waals surface area (Å²) in [5, 5.41) is 0. The van der Waals surface area contributed by atoms with Gasteiger partial charge >= 0.3 is 0 Å². The maximum absolute atomic E-state index is 13.8. The summed E-state index contributed by atoms with van der Waals surface area (Å²) < 4.78 is 18.8. The summed E-state index contributed by atoms with van der Waals surface area (Å²) in [7, 11) is 1.54. The number of ether oxygens (including phenoxy) is 1. The van der Waals surface area contributed by atoms with Crippen molar-refractivity contribution in [1.29, 1.82) is 0 Å². The Labute approximate surface area is 89.2 Å². The van der Waals surface area contributed by atoms with Crippen molar-refractivity contribution in [3.63, 3.8) is 0 Å². The van der Waals surface area contributed by atoms with Crippen LogP contribution in [0.1, 0.15) is 24.8 Å². The van der Waals surface area contributed by atoms with Crippen LogP contribution < -0.4 is 10.5 Å². The lowest BCUT2D eigenvalue weighted by molar-refractivity contribution is 0.244. The van der Waals surface area contributed by atoms with Gasteiger partial charge in [-0.25, -0.2) is 4.39 Å². The van der Waals surface area contributed by atoms with Crippen LogP contribution >= 0.6 is 0 Å². The van der Waals surface area contributed by atoms with Crippen LogP contribution in [-0.4, -0.2) is 13.7 Å². The van der Waals surface area contributed by atoms with Crippen LogP contribution in [0.15, 0.2) is 18.2 Å². The molecule has 0 unspecified atom stereocenters. The number of halogens is 1. The number of benzene rings is 1. The van der Waals surface area contributed by atoms with E-state index in [2.05, 4.69) is 0 Å². The predicted octanol–water partition coefficient (Wildman–Crippen LogP) is 2.21. The molecule has 15 heavy (non-hydrogen) atoms. The van der Waals surface area contributed by atoms with E-state index in [4.69, 9.17) is 10.5 Å². The standard InChI is InChI=1S/C12H16FNO/c1-15-9-3-4-10(11(13)7-9)12(8-14)5-2-6-12/h3-4,7H,2,5-6,8,14H2,1H3. The first kappa shape index (κ1) is 10.4. The van der Waals surface area contributed by atoms with Crippen LogP contribution in [0, 0.1) is 5.82 Å². The molecule has 0 bridgehead atoms. The summed E-state index contributed by atoms with van der Waals surface area (Å²) in [5.41, 5.74) is 6.37. The number of hydrogen-bond donors (Lipinski definition) is 1. The van der Waals surface area contributed by atoms with Crippen molar-refractivity contribution < 1.29 is 9.13 Å². The van der Waals surface area contributed by atoms with Gasteiger partial charge in [-0.2, -0.15) is 0 Å². The SMILES string of the molecule is COc1ccc(C2(CN)CCC2)c(F)c1. The lowest BCUT2D eigenvalue weighted by Crippen LogP contribution is -2.42. The highest BCUT2D eigenvalue weighted by atomic mass is 19.1. The first-order valence-electron chi connectivity index (χ1n) is 5.26. The van der Waals surface area contributed by atoms with E-state index >= 15 is 0 Å². The Morgan fingerprint density at radius 1 is 1.47 bits per heavy atom. The van der Waals surface area contributed by atoms with Gasteiger partial charge in [0.15, 0.2) is 0 Å². The van der Waals surface area contributed by atoms with Crippen molar-refractivity contribution in [2.45, 2.75) is 24.7 Å². The summed E-state index contributed by atoms with van der Waals surface area (Å²) in [6.07, 6.45) is 3.13. The molecule has 0 spiro atoms. The van der Waals surface area contributed by atoms with E-state index in [1.54, 1.807) is 12.1 Å². The van der Waals surface area contributed by atoms with Crippen LogP contribution in [0.2, 0.25) is 0 Å². The minimum absolute atomic E-state index is 0.115. The molecule has 0 amide bonds. The number of nitrogens with two attached hydrogens (primary N) is 1. The van der Waals surface area contributed by atoms with Crippen LogP contribution in [0.4, 0.5) is 4.39 Å². The molecule has 1 aromatic carbocycles. The minimum atomic E-state index is -0.195. The van der Waals surface area contributed by atoms with Crippen LogP contribution in [0.25, 0.3) is 0 Å². The molecule has 2 nitrogen and oxygen atoms in total. The second-order valence-electron chi connectivity index (χ2n) is 4.18. The molecule has 0 aliphatic heterocycles. The second kappa shape index (κ2) is 3.81. The van der Waals surface area contributed by atoms with E-state index in [1.165, 1.54) is 13.2 Å². The molecule has 0 heterocycles. The Balaban J connectivity index is 2.36. The highest BCUT2D eigenvalue weighted by molar-refractivity contribution is 5.35. The molecule has 2 rings (SSSR count). The zero-order valence-electron chi connectivity index (χ0n) is 8.92. The van der Waals surface area contributed by atoms with Crippen molar-refractivity contribution in [3.8, 4) is 5.75 Å². The van der Waals surface area contributed by atoms with Crippen LogP contribution in [-0.2, 0) is 5.41 Å². The molecule has 1 aliphatic carbocycles. The lowest BCUT2D eigenvalue weighted by Gasteiger charge is -2.41. The highest BCUT2D eigenvalue weighted by Crippen LogP contribution is 2.44. The fourth-order valence-corrected chi connectivity index (χ4v) is 2.24. The quantitative estimate of drug-likeness (QED) is 0.828. The molecule has 3 heteroatoms. The molecule has 1 aliphatic rings. The predicted molar refractivity (Wildman–Crippen MR) is 57.5 cm³/mol. The third-order valence-corrected chi connectivity index (χ3v) is 3.45. The van der Waals surface area contributed by atoms with Gasteiger partial charge in [0.2, 0.25) is 0 Å². The van der Waals surface area contributed by atoms with Gasteiger partial charge in [-0.15, -0.1) is 0 Å². The maximum Gasteiger partial charge on any atom is 0.130 e. The van der Waals surface area contributed by atoms with Crippen molar-refractivity contribution in [1.82, 2.24) is 0 Å². The molecule has 1 saturated carbocycles. The molecule has 1 fully saturated rings. The highest BCUT2D eigenvalue weighted by Gasteiger charge is 2.39. The first-order valence-corrected chi connectivity index (χ1v) is 5.26. The average molecular weight is 209 g/mol. The number of rotatable bonds is 3. The van der Waals surface area contributed by atoms with Gasteiger partial charge in [-0.1, -0.05) is 12.5 Å². The van der Waals surface area contributed by atoms with E-state index in [0.717, 1.165) is 24.8 Å². The largest absolute Gasteiger partial charge is 0.497 e. The van der Waals surface area contributed by atoms with Gasteiger partial charge in [0.25, 0.3) is 0 Å². The van der Waals surface area contributed by atoms with Crippen molar-refractivity contribution in [2.24, 2.45) is 5.73 Å². The van der Waals surface area contributed by atoms with E-state index in [1.807, 2.05) is 0 Å². The topological polar surface area (TPSA) is 35.2 Å². The van der Waals surface area contributed by atoms with Gasteiger partial charge in [0, 0.05) is 18.0 Å².